The van der Waals surface area contributed by atoms with E-state index in [-0.39, 0.29) is 10.5 Å². The van der Waals surface area contributed by atoms with Crippen molar-refractivity contribution in [1.29, 1.82) is 0 Å². The highest BCUT2D eigenvalue weighted by atomic mass is 79.9. The summed E-state index contributed by atoms with van der Waals surface area (Å²) in [6.45, 7) is 4.11. The zero-order valence-electron chi connectivity index (χ0n) is 9.49. The van der Waals surface area contributed by atoms with Gasteiger partial charge in [0.15, 0.2) is 0 Å². The van der Waals surface area contributed by atoms with Crippen molar-refractivity contribution in [3.63, 3.8) is 0 Å². The lowest BCUT2D eigenvalue weighted by molar-refractivity contribution is 0.576. The van der Waals surface area contributed by atoms with Crippen LogP contribution < -0.4 is 5.32 Å². The molecule has 0 saturated carbocycles. The number of anilines is 1. The summed E-state index contributed by atoms with van der Waals surface area (Å²) < 4.78 is 26.7. The molecule has 0 aliphatic carbocycles. The van der Waals surface area contributed by atoms with E-state index < -0.39 is 11.6 Å². The number of hydrogen-bond acceptors (Lipinski definition) is 1. The number of hydrogen-bond donors (Lipinski definition) is 1. The molecule has 0 heterocycles. The molecule has 4 heteroatoms. The van der Waals surface area contributed by atoms with Crippen LogP contribution in [0.3, 0.4) is 0 Å². The zero-order valence-corrected chi connectivity index (χ0v) is 11.1. The van der Waals surface area contributed by atoms with Gasteiger partial charge in [0.05, 0.1) is 10.2 Å². The van der Waals surface area contributed by atoms with Crippen LogP contribution in [-0.2, 0) is 0 Å². The van der Waals surface area contributed by atoms with Gasteiger partial charge in [0, 0.05) is 12.1 Å². The molecule has 1 N–H and O–H groups in total. The van der Waals surface area contributed by atoms with E-state index in [1.807, 2.05) is 6.92 Å². The molecule has 0 aromatic heterocycles. The van der Waals surface area contributed by atoms with Gasteiger partial charge in [-0.3, -0.25) is 0 Å². The lowest BCUT2D eigenvalue weighted by Gasteiger charge is -2.15. The van der Waals surface area contributed by atoms with Crippen LogP contribution in [0.4, 0.5) is 14.5 Å². The number of unbranched alkanes of at least 4 members (excludes halogenated alkanes) is 1. The van der Waals surface area contributed by atoms with Crippen LogP contribution in [0.2, 0.25) is 0 Å². The van der Waals surface area contributed by atoms with E-state index in [0.29, 0.717) is 5.69 Å². The molecule has 0 fully saturated rings. The molecule has 1 nitrogen and oxygen atoms in total. The Bertz CT molecular complexity index is 355. The standard InChI is InChI=1S/C12H16BrF2N/c1-3-4-5-8(2)16-12-6-9(13)10(14)7-11(12)15/h6-8,16H,3-5H2,1-2H3. The Morgan fingerprint density at radius 1 is 1.31 bits per heavy atom. The van der Waals surface area contributed by atoms with Crippen molar-refractivity contribution in [2.24, 2.45) is 0 Å². The third-order valence-corrected chi connectivity index (χ3v) is 3.01. The minimum absolute atomic E-state index is 0.187. The predicted molar refractivity (Wildman–Crippen MR) is 66.7 cm³/mol. The van der Waals surface area contributed by atoms with E-state index in [4.69, 9.17) is 0 Å². The topological polar surface area (TPSA) is 12.0 Å². The Morgan fingerprint density at radius 2 is 2.00 bits per heavy atom. The molecule has 1 unspecified atom stereocenters. The summed E-state index contributed by atoms with van der Waals surface area (Å²) in [6.07, 6.45) is 3.19. The van der Waals surface area contributed by atoms with E-state index >= 15 is 0 Å². The van der Waals surface area contributed by atoms with Crippen LogP contribution in [-0.4, -0.2) is 6.04 Å². The molecule has 0 amide bonds. The van der Waals surface area contributed by atoms with Crippen molar-refractivity contribution in [2.45, 2.75) is 39.2 Å². The summed E-state index contributed by atoms with van der Waals surface area (Å²) >= 11 is 3.04. The van der Waals surface area contributed by atoms with Crippen LogP contribution in [0.25, 0.3) is 0 Å². The summed E-state index contributed by atoms with van der Waals surface area (Å²) in [5, 5.41) is 3.04. The van der Waals surface area contributed by atoms with E-state index in [1.165, 1.54) is 6.07 Å². The second kappa shape index (κ2) is 6.18. The highest BCUT2D eigenvalue weighted by Crippen LogP contribution is 2.24. The molecule has 1 aromatic carbocycles. The normalized spacial score (nSPS) is 12.6. The first kappa shape index (κ1) is 13.4. The monoisotopic (exact) mass is 291 g/mol. The lowest BCUT2D eigenvalue weighted by Crippen LogP contribution is -2.15. The minimum atomic E-state index is -0.579. The molecule has 0 bridgehead atoms. The van der Waals surface area contributed by atoms with Gasteiger partial charge in [-0.25, -0.2) is 8.78 Å². The van der Waals surface area contributed by atoms with Crippen LogP contribution in [0.1, 0.15) is 33.1 Å². The third kappa shape index (κ3) is 3.74. The van der Waals surface area contributed by atoms with Gasteiger partial charge in [-0.15, -0.1) is 0 Å². The fourth-order valence-electron chi connectivity index (χ4n) is 1.48. The van der Waals surface area contributed by atoms with Crippen molar-refractivity contribution in [3.05, 3.63) is 28.2 Å². The maximum Gasteiger partial charge on any atom is 0.149 e. The van der Waals surface area contributed by atoms with Gasteiger partial charge in [-0.1, -0.05) is 19.8 Å². The fourth-order valence-corrected chi connectivity index (χ4v) is 1.82. The number of halogens is 3. The van der Waals surface area contributed by atoms with E-state index in [9.17, 15) is 8.78 Å². The highest BCUT2D eigenvalue weighted by Gasteiger charge is 2.10. The van der Waals surface area contributed by atoms with Crippen LogP contribution in [0.15, 0.2) is 16.6 Å². The smallest absolute Gasteiger partial charge is 0.149 e. The number of rotatable bonds is 5. The quantitative estimate of drug-likeness (QED) is 0.774. The molecular weight excluding hydrogens is 276 g/mol. The van der Waals surface area contributed by atoms with Gasteiger partial charge < -0.3 is 5.32 Å². The summed E-state index contributed by atoms with van der Waals surface area (Å²) in [5.74, 6) is -1.13. The van der Waals surface area contributed by atoms with Crippen LogP contribution in [0, 0.1) is 11.6 Å². The number of nitrogens with one attached hydrogen (secondary N) is 1. The lowest BCUT2D eigenvalue weighted by atomic mass is 10.1. The first-order valence-corrected chi connectivity index (χ1v) is 6.25. The fraction of sp³-hybridized carbons (Fsp3) is 0.500. The van der Waals surface area contributed by atoms with Crippen LogP contribution in [0.5, 0.6) is 0 Å². The summed E-state index contributed by atoms with van der Waals surface area (Å²) in [7, 11) is 0. The van der Waals surface area contributed by atoms with Gasteiger partial charge in [0.2, 0.25) is 0 Å². The first-order valence-electron chi connectivity index (χ1n) is 5.45. The van der Waals surface area contributed by atoms with Gasteiger partial charge >= 0.3 is 0 Å². The molecule has 1 rings (SSSR count). The molecule has 1 atom stereocenters. The van der Waals surface area contributed by atoms with Crippen molar-refractivity contribution in [2.75, 3.05) is 5.32 Å². The molecule has 0 aliphatic heterocycles. The maximum atomic E-state index is 13.4. The Hall–Kier alpha value is -0.640. The van der Waals surface area contributed by atoms with Crippen molar-refractivity contribution in [1.82, 2.24) is 0 Å². The second-order valence-electron chi connectivity index (χ2n) is 3.93. The second-order valence-corrected chi connectivity index (χ2v) is 4.79. The molecular formula is C12H16BrF2N. The molecule has 0 radical (unpaired) electrons. The van der Waals surface area contributed by atoms with Crippen molar-refractivity contribution in [3.8, 4) is 0 Å². The molecule has 0 spiro atoms. The Kier molecular flexibility index (Phi) is 5.19. The average Bonchev–Trinajstić information content (AvgIpc) is 2.23. The van der Waals surface area contributed by atoms with E-state index in [1.54, 1.807) is 0 Å². The van der Waals surface area contributed by atoms with E-state index in [2.05, 4.69) is 28.2 Å². The summed E-state index contributed by atoms with van der Waals surface area (Å²) in [5.41, 5.74) is 0.344. The van der Waals surface area contributed by atoms with Gasteiger partial charge in [-0.05, 0) is 35.3 Å². The molecule has 0 aliphatic rings. The minimum Gasteiger partial charge on any atom is -0.380 e. The molecule has 16 heavy (non-hydrogen) atoms. The van der Waals surface area contributed by atoms with Gasteiger partial charge in [-0.2, -0.15) is 0 Å². The molecule has 90 valence electrons. The predicted octanol–water partition coefficient (Wildman–Crippen LogP) is 4.72. The Balaban J connectivity index is 2.69. The largest absolute Gasteiger partial charge is 0.380 e. The van der Waals surface area contributed by atoms with Gasteiger partial charge in [0.1, 0.15) is 11.6 Å². The SMILES string of the molecule is CCCCC(C)Nc1cc(Br)c(F)cc1F. The third-order valence-electron chi connectivity index (χ3n) is 2.40. The van der Waals surface area contributed by atoms with E-state index in [0.717, 1.165) is 25.3 Å². The maximum absolute atomic E-state index is 13.4. The zero-order chi connectivity index (χ0) is 12.1. The Morgan fingerprint density at radius 3 is 2.62 bits per heavy atom. The molecule has 1 aromatic rings. The van der Waals surface area contributed by atoms with Crippen molar-refractivity contribution < 1.29 is 8.78 Å². The first-order chi connectivity index (χ1) is 7.54. The number of benzene rings is 1. The summed E-state index contributed by atoms with van der Waals surface area (Å²) in [6, 6.07) is 2.51. The summed E-state index contributed by atoms with van der Waals surface area (Å²) in [4.78, 5) is 0. The highest BCUT2D eigenvalue weighted by molar-refractivity contribution is 9.10. The average molecular weight is 292 g/mol. The van der Waals surface area contributed by atoms with Crippen molar-refractivity contribution >= 4 is 21.6 Å². The van der Waals surface area contributed by atoms with Crippen LogP contribution >= 0.6 is 15.9 Å². The Labute approximate surface area is 103 Å². The van der Waals surface area contributed by atoms with Gasteiger partial charge in [0.25, 0.3) is 0 Å². The molecule has 0 saturated heterocycles.